The SMILES string of the molecule is CN1CCN(c2oc(-c3cccs3)nc2S(=O)(=O)c2ccc(F)cc2)CC1. The summed E-state index contributed by atoms with van der Waals surface area (Å²) in [6, 6.07) is 8.44. The highest BCUT2D eigenvalue weighted by Crippen LogP contribution is 2.36. The Morgan fingerprint density at radius 1 is 1.11 bits per heavy atom. The first-order chi connectivity index (χ1) is 12.9. The van der Waals surface area contributed by atoms with Crippen molar-refractivity contribution in [3.8, 4) is 10.8 Å². The lowest BCUT2D eigenvalue weighted by molar-refractivity contribution is 0.305. The molecule has 0 aliphatic carbocycles. The van der Waals surface area contributed by atoms with Crippen LogP contribution in [-0.2, 0) is 9.84 Å². The molecule has 2 aromatic heterocycles. The molecule has 27 heavy (non-hydrogen) atoms. The van der Waals surface area contributed by atoms with Crippen molar-refractivity contribution in [1.29, 1.82) is 0 Å². The molecule has 9 heteroatoms. The van der Waals surface area contributed by atoms with Gasteiger partial charge in [-0.2, -0.15) is 4.98 Å². The number of benzene rings is 1. The van der Waals surface area contributed by atoms with E-state index >= 15 is 0 Å². The van der Waals surface area contributed by atoms with Gasteiger partial charge in [0.15, 0.2) is 0 Å². The van der Waals surface area contributed by atoms with Gasteiger partial charge in [0.05, 0.1) is 9.77 Å². The third-order valence-electron chi connectivity index (χ3n) is 4.48. The lowest BCUT2D eigenvalue weighted by atomic mass is 10.3. The van der Waals surface area contributed by atoms with E-state index in [0.29, 0.717) is 13.1 Å². The zero-order valence-corrected chi connectivity index (χ0v) is 16.3. The van der Waals surface area contributed by atoms with Gasteiger partial charge < -0.3 is 14.2 Å². The molecule has 3 aromatic rings. The molecule has 1 aliphatic heterocycles. The molecule has 1 fully saturated rings. The molecular weight excluding hydrogens is 389 g/mol. The molecule has 0 spiro atoms. The van der Waals surface area contributed by atoms with Crippen LogP contribution in [0, 0.1) is 5.82 Å². The van der Waals surface area contributed by atoms with E-state index in [1.807, 2.05) is 29.5 Å². The third kappa shape index (κ3) is 3.50. The predicted octanol–water partition coefficient (Wildman–Crippen LogP) is 3.13. The number of nitrogens with zero attached hydrogens (tertiary/aromatic N) is 3. The molecular formula is C18H18FN3O3S2. The van der Waals surface area contributed by atoms with Gasteiger partial charge in [-0.05, 0) is 42.8 Å². The average Bonchev–Trinajstić information content (AvgIpc) is 3.33. The summed E-state index contributed by atoms with van der Waals surface area (Å²) < 4.78 is 45.5. The van der Waals surface area contributed by atoms with E-state index in [4.69, 9.17) is 4.42 Å². The predicted molar refractivity (Wildman–Crippen MR) is 101 cm³/mol. The van der Waals surface area contributed by atoms with Gasteiger partial charge in [-0.25, -0.2) is 12.8 Å². The Kier molecular flexibility index (Phi) is 4.75. The quantitative estimate of drug-likeness (QED) is 0.619. The van der Waals surface area contributed by atoms with Gasteiger partial charge in [0.2, 0.25) is 26.6 Å². The van der Waals surface area contributed by atoms with Crippen LogP contribution in [0.5, 0.6) is 0 Å². The number of rotatable bonds is 4. The number of likely N-dealkylation sites (N-methyl/N-ethyl adjacent to an activating group) is 1. The van der Waals surface area contributed by atoms with Gasteiger partial charge in [0.25, 0.3) is 0 Å². The molecule has 0 N–H and O–H groups in total. The zero-order chi connectivity index (χ0) is 19.0. The Balaban J connectivity index is 1.81. The van der Waals surface area contributed by atoms with Crippen LogP contribution in [0.25, 0.3) is 10.8 Å². The summed E-state index contributed by atoms with van der Waals surface area (Å²) >= 11 is 1.43. The highest BCUT2D eigenvalue weighted by atomic mass is 32.2. The highest BCUT2D eigenvalue weighted by molar-refractivity contribution is 7.91. The van der Waals surface area contributed by atoms with Crippen LogP contribution in [0.4, 0.5) is 10.3 Å². The van der Waals surface area contributed by atoms with E-state index in [-0.39, 0.29) is 21.7 Å². The van der Waals surface area contributed by atoms with Crippen LogP contribution in [0.2, 0.25) is 0 Å². The fraction of sp³-hybridized carbons (Fsp3) is 0.278. The minimum atomic E-state index is -3.94. The summed E-state index contributed by atoms with van der Waals surface area (Å²) in [6.45, 7) is 2.87. The van der Waals surface area contributed by atoms with Gasteiger partial charge >= 0.3 is 0 Å². The van der Waals surface area contributed by atoms with Gasteiger partial charge in [0, 0.05) is 26.2 Å². The number of halogens is 1. The largest absolute Gasteiger partial charge is 0.418 e. The van der Waals surface area contributed by atoms with E-state index < -0.39 is 15.7 Å². The Morgan fingerprint density at radius 3 is 2.44 bits per heavy atom. The first-order valence-electron chi connectivity index (χ1n) is 8.44. The summed E-state index contributed by atoms with van der Waals surface area (Å²) in [7, 11) is -1.92. The van der Waals surface area contributed by atoms with Crippen molar-refractivity contribution in [3.05, 3.63) is 47.6 Å². The van der Waals surface area contributed by atoms with Crippen molar-refractivity contribution in [2.75, 3.05) is 38.1 Å². The maximum atomic E-state index is 13.2. The first kappa shape index (κ1) is 18.1. The minimum absolute atomic E-state index is 0.00897. The number of hydrogen-bond acceptors (Lipinski definition) is 7. The fourth-order valence-corrected chi connectivity index (χ4v) is 4.88. The Labute approximate surface area is 160 Å². The number of anilines is 1. The molecule has 0 unspecified atom stereocenters. The van der Waals surface area contributed by atoms with Crippen molar-refractivity contribution < 1.29 is 17.2 Å². The number of sulfone groups is 1. The molecule has 0 saturated carbocycles. The molecule has 0 bridgehead atoms. The summed E-state index contributed by atoms with van der Waals surface area (Å²) in [5, 5.41) is 1.76. The van der Waals surface area contributed by atoms with Crippen LogP contribution in [-0.4, -0.2) is 51.5 Å². The van der Waals surface area contributed by atoms with Crippen molar-refractivity contribution in [3.63, 3.8) is 0 Å². The lowest BCUT2D eigenvalue weighted by Crippen LogP contribution is -2.44. The van der Waals surface area contributed by atoms with Gasteiger partial charge in [-0.1, -0.05) is 6.07 Å². The van der Waals surface area contributed by atoms with Crippen LogP contribution in [0.1, 0.15) is 0 Å². The average molecular weight is 407 g/mol. The molecule has 0 amide bonds. The maximum absolute atomic E-state index is 13.2. The second kappa shape index (κ2) is 7.06. The van der Waals surface area contributed by atoms with E-state index in [0.717, 1.165) is 30.1 Å². The van der Waals surface area contributed by atoms with Crippen LogP contribution in [0.15, 0.2) is 56.1 Å². The molecule has 0 radical (unpaired) electrons. The lowest BCUT2D eigenvalue weighted by Gasteiger charge is -2.32. The normalized spacial score (nSPS) is 16.0. The van der Waals surface area contributed by atoms with Crippen LogP contribution in [0.3, 0.4) is 0 Å². The van der Waals surface area contributed by atoms with Crippen molar-refractivity contribution >= 4 is 27.1 Å². The zero-order valence-electron chi connectivity index (χ0n) is 14.6. The second-order valence-electron chi connectivity index (χ2n) is 6.35. The Morgan fingerprint density at radius 2 is 1.81 bits per heavy atom. The summed E-state index contributed by atoms with van der Waals surface area (Å²) in [5.74, 6) is 0.0307. The molecule has 3 heterocycles. The van der Waals surface area contributed by atoms with Crippen LogP contribution < -0.4 is 4.90 Å². The molecule has 1 aliphatic rings. The van der Waals surface area contributed by atoms with E-state index in [2.05, 4.69) is 9.88 Å². The smallest absolute Gasteiger partial charge is 0.240 e. The number of hydrogen-bond donors (Lipinski definition) is 0. The van der Waals surface area contributed by atoms with Gasteiger partial charge in [0.1, 0.15) is 5.82 Å². The molecule has 1 aromatic carbocycles. The molecule has 0 atom stereocenters. The second-order valence-corrected chi connectivity index (χ2v) is 9.17. The van der Waals surface area contributed by atoms with Gasteiger partial charge in [-0.3, -0.25) is 0 Å². The molecule has 1 saturated heterocycles. The van der Waals surface area contributed by atoms with E-state index in [1.165, 1.54) is 23.5 Å². The van der Waals surface area contributed by atoms with E-state index in [9.17, 15) is 12.8 Å². The number of oxazole rings is 1. The number of piperazine rings is 1. The van der Waals surface area contributed by atoms with Crippen LogP contribution >= 0.6 is 11.3 Å². The topological polar surface area (TPSA) is 66.7 Å². The number of thiophene rings is 1. The minimum Gasteiger partial charge on any atom is -0.418 e. The summed E-state index contributed by atoms with van der Waals surface area (Å²) in [5.41, 5.74) is 0. The molecule has 142 valence electrons. The standard InChI is InChI=1S/C18H18FN3O3S2/c1-21-8-10-22(11-9-21)18-17(20-16(25-18)15-3-2-12-26-15)27(23,24)14-6-4-13(19)5-7-14/h2-7,12H,8-11H2,1H3. The van der Waals surface area contributed by atoms with Crippen molar-refractivity contribution in [1.82, 2.24) is 9.88 Å². The Hall–Kier alpha value is -2.23. The Bertz CT molecular complexity index is 1020. The first-order valence-corrected chi connectivity index (χ1v) is 10.8. The fourth-order valence-electron chi connectivity index (χ4n) is 2.91. The highest BCUT2D eigenvalue weighted by Gasteiger charge is 2.32. The van der Waals surface area contributed by atoms with Crippen molar-refractivity contribution in [2.45, 2.75) is 9.92 Å². The summed E-state index contributed by atoms with van der Waals surface area (Å²) in [6.07, 6.45) is 0. The molecule has 6 nitrogen and oxygen atoms in total. The number of aromatic nitrogens is 1. The van der Waals surface area contributed by atoms with E-state index in [1.54, 1.807) is 0 Å². The third-order valence-corrected chi connectivity index (χ3v) is 7.01. The summed E-state index contributed by atoms with van der Waals surface area (Å²) in [4.78, 5) is 9.14. The van der Waals surface area contributed by atoms with Gasteiger partial charge in [-0.15, -0.1) is 11.3 Å². The monoisotopic (exact) mass is 407 g/mol. The maximum Gasteiger partial charge on any atom is 0.240 e. The molecule has 4 rings (SSSR count). The van der Waals surface area contributed by atoms with Crippen molar-refractivity contribution in [2.24, 2.45) is 0 Å².